The van der Waals surface area contributed by atoms with Crippen molar-refractivity contribution in [3.63, 3.8) is 0 Å². The van der Waals surface area contributed by atoms with Crippen molar-refractivity contribution >= 4 is 17.8 Å². The maximum Gasteiger partial charge on any atom is 0.370 e. The number of rotatable bonds is 8. The van der Waals surface area contributed by atoms with Crippen LogP contribution in [0.5, 0.6) is 0 Å². The molecule has 0 saturated heterocycles. The second-order valence-electron chi connectivity index (χ2n) is 6.74. The SMILES string of the molecule is CCCN(CCc1ccccc1)C(=O)C1OC(C(=O)O)=CC(N)C1NC(C)=O. The number of carbonyl (C=O) groups excluding carboxylic acids is 2. The van der Waals surface area contributed by atoms with Gasteiger partial charge in [-0.25, -0.2) is 4.79 Å². The zero-order valence-electron chi connectivity index (χ0n) is 16.1. The first-order valence-corrected chi connectivity index (χ1v) is 9.30. The summed E-state index contributed by atoms with van der Waals surface area (Å²) in [4.78, 5) is 37.7. The van der Waals surface area contributed by atoms with Crippen LogP contribution in [0.3, 0.4) is 0 Å². The minimum atomic E-state index is -1.30. The van der Waals surface area contributed by atoms with Crippen LogP contribution in [0.4, 0.5) is 0 Å². The van der Waals surface area contributed by atoms with E-state index in [1.165, 1.54) is 13.0 Å². The number of carboxylic acids is 1. The Morgan fingerprint density at radius 2 is 1.89 bits per heavy atom. The Morgan fingerprint density at radius 3 is 2.46 bits per heavy atom. The fraction of sp³-hybridized carbons (Fsp3) is 0.450. The molecule has 0 saturated carbocycles. The van der Waals surface area contributed by atoms with E-state index in [2.05, 4.69) is 5.32 Å². The quantitative estimate of drug-likeness (QED) is 0.601. The molecular formula is C20H27N3O5. The fourth-order valence-corrected chi connectivity index (χ4v) is 3.15. The van der Waals surface area contributed by atoms with Gasteiger partial charge in [0.2, 0.25) is 11.7 Å². The first kappa shape index (κ1) is 21.4. The van der Waals surface area contributed by atoms with Crippen molar-refractivity contribution in [1.29, 1.82) is 0 Å². The molecule has 3 unspecified atom stereocenters. The van der Waals surface area contributed by atoms with Gasteiger partial charge in [-0.05, 0) is 24.5 Å². The van der Waals surface area contributed by atoms with Crippen molar-refractivity contribution in [2.75, 3.05) is 13.1 Å². The van der Waals surface area contributed by atoms with E-state index in [-0.39, 0.29) is 17.6 Å². The largest absolute Gasteiger partial charge is 0.475 e. The van der Waals surface area contributed by atoms with Gasteiger partial charge in [0, 0.05) is 20.0 Å². The summed E-state index contributed by atoms with van der Waals surface area (Å²) in [5.74, 6) is -2.45. The number of nitrogens with two attached hydrogens (primary N) is 1. The number of hydrogen-bond donors (Lipinski definition) is 3. The van der Waals surface area contributed by atoms with Crippen LogP contribution in [0.2, 0.25) is 0 Å². The van der Waals surface area contributed by atoms with Crippen LogP contribution >= 0.6 is 0 Å². The first-order chi connectivity index (χ1) is 13.3. The van der Waals surface area contributed by atoms with Crippen molar-refractivity contribution in [3.05, 3.63) is 47.7 Å². The van der Waals surface area contributed by atoms with E-state index in [4.69, 9.17) is 10.5 Å². The number of carbonyl (C=O) groups is 3. The molecule has 3 atom stereocenters. The predicted molar refractivity (Wildman–Crippen MR) is 103 cm³/mol. The van der Waals surface area contributed by atoms with Crippen molar-refractivity contribution in [2.45, 2.75) is 44.9 Å². The summed E-state index contributed by atoms with van der Waals surface area (Å²) in [6, 6.07) is 8.05. The second-order valence-corrected chi connectivity index (χ2v) is 6.74. The minimum absolute atomic E-state index is 0.375. The molecular weight excluding hydrogens is 362 g/mol. The van der Waals surface area contributed by atoms with Gasteiger partial charge in [-0.2, -0.15) is 0 Å². The summed E-state index contributed by atoms with van der Waals surface area (Å²) < 4.78 is 5.45. The summed E-state index contributed by atoms with van der Waals surface area (Å²) in [7, 11) is 0. The maximum atomic E-state index is 13.2. The van der Waals surface area contributed by atoms with Gasteiger partial charge in [0.1, 0.15) is 0 Å². The van der Waals surface area contributed by atoms with Crippen LogP contribution < -0.4 is 11.1 Å². The van der Waals surface area contributed by atoms with Crippen molar-refractivity contribution < 1.29 is 24.2 Å². The summed E-state index contributed by atoms with van der Waals surface area (Å²) in [6.45, 7) is 4.19. The molecule has 0 aromatic heterocycles. The number of hydrogen-bond acceptors (Lipinski definition) is 5. The Bertz CT molecular complexity index is 735. The predicted octanol–water partition coefficient (Wildman–Crippen LogP) is 0.667. The molecule has 8 nitrogen and oxygen atoms in total. The number of nitrogens with zero attached hydrogens (tertiary/aromatic N) is 1. The number of ether oxygens (including phenoxy) is 1. The average molecular weight is 389 g/mol. The van der Waals surface area contributed by atoms with Gasteiger partial charge in [-0.1, -0.05) is 37.3 Å². The molecule has 8 heteroatoms. The third-order valence-electron chi connectivity index (χ3n) is 4.48. The van der Waals surface area contributed by atoms with Gasteiger partial charge in [0.25, 0.3) is 5.91 Å². The molecule has 0 aliphatic carbocycles. The summed E-state index contributed by atoms with van der Waals surface area (Å²) in [6.07, 6.45) is 1.39. The minimum Gasteiger partial charge on any atom is -0.475 e. The molecule has 0 spiro atoms. The van der Waals surface area contributed by atoms with Crippen LogP contribution in [0.15, 0.2) is 42.2 Å². The monoisotopic (exact) mass is 389 g/mol. The van der Waals surface area contributed by atoms with Gasteiger partial charge in [0.05, 0.1) is 12.1 Å². The molecule has 2 amide bonds. The van der Waals surface area contributed by atoms with Crippen molar-refractivity contribution in [3.8, 4) is 0 Å². The number of carboxylic acid groups (broad SMARTS) is 1. The summed E-state index contributed by atoms with van der Waals surface area (Å²) >= 11 is 0. The third kappa shape index (κ3) is 5.56. The van der Waals surface area contributed by atoms with Gasteiger partial charge in [-0.3, -0.25) is 9.59 Å². The molecule has 1 heterocycles. The van der Waals surface area contributed by atoms with E-state index in [1.54, 1.807) is 4.90 Å². The summed E-state index contributed by atoms with van der Waals surface area (Å²) in [5.41, 5.74) is 7.10. The average Bonchev–Trinajstić information content (AvgIpc) is 2.66. The third-order valence-corrected chi connectivity index (χ3v) is 4.48. The van der Waals surface area contributed by atoms with E-state index in [0.717, 1.165) is 12.0 Å². The zero-order chi connectivity index (χ0) is 20.7. The molecule has 1 aromatic carbocycles. The molecule has 28 heavy (non-hydrogen) atoms. The fourth-order valence-electron chi connectivity index (χ4n) is 3.15. The topological polar surface area (TPSA) is 122 Å². The highest BCUT2D eigenvalue weighted by Gasteiger charge is 2.41. The van der Waals surface area contributed by atoms with E-state index < -0.39 is 24.2 Å². The molecule has 2 rings (SSSR count). The standard InChI is InChI=1S/C20H27N3O5/c1-3-10-23(11-9-14-7-5-4-6-8-14)19(25)18-17(22-13(2)24)15(21)12-16(28-18)20(26)27/h4-8,12,15,17-18H,3,9-11,21H2,1-2H3,(H,22,24)(H,26,27). The molecule has 1 aromatic rings. The van der Waals surface area contributed by atoms with E-state index in [9.17, 15) is 19.5 Å². The summed E-state index contributed by atoms with van der Waals surface area (Å²) in [5, 5.41) is 11.9. The molecule has 1 aliphatic rings. The zero-order valence-corrected chi connectivity index (χ0v) is 16.1. The van der Waals surface area contributed by atoms with Crippen LogP contribution in [-0.2, 0) is 25.5 Å². The highest BCUT2D eigenvalue weighted by atomic mass is 16.5. The van der Waals surface area contributed by atoms with E-state index in [1.807, 2.05) is 37.3 Å². The van der Waals surface area contributed by atoms with Gasteiger partial charge in [-0.15, -0.1) is 0 Å². The normalized spacial score (nSPS) is 21.2. The van der Waals surface area contributed by atoms with Crippen LogP contribution in [-0.4, -0.2) is 59.1 Å². The van der Waals surface area contributed by atoms with Crippen molar-refractivity contribution in [2.24, 2.45) is 5.73 Å². The lowest BCUT2D eigenvalue weighted by Gasteiger charge is -2.37. The molecule has 1 aliphatic heterocycles. The van der Waals surface area contributed by atoms with Crippen molar-refractivity contribution in [1.82, 2.24) is 10.2 Å². The van der Waals surface area contributed by atoms with Crippen LogP contribution in [0.25, 0.3) is 0 Å². The highest BCUT2D eigenvalue weighted by molar-refractivity contribution is 5.88. The molecule has 4 N–H and O–H groups in total. The maximum absolute atomic E-state index is 13.2. The molecule has 152 valence electrons. The molecule has 0 fully saturated rings. The van der Waals surface area contributed by atoms with Gasteiger partial charge < -0.3 is 25.8 Å². The lowest BCUT2D eigenvalue weighted by molar-refractivity contribution is -0.149. The Hall–Kier alpha value is -2.87. The van der Waals surface area contributed by atoms with E-state index >= 15 is 0 Å². The Morgan fingerprint density at radius 1 is 1.21 bits per heavy atom. The number of nitrogens with one attached hydrogen (secondary N) is 1. The highest BCUT2D eigenvalue weighted by Crippen LogP contribution is 2.20. The Labute approximate surface area is 164 Å². The van der Waals surface area contributed by atoms with E-state index in [0.29, 0.717) is 19.5 Å². The Kier molecular flexibility index (Phi) is 7.57. The molecule has 0 radical (unpaired) electrons. The second kappa shape index (κ2) is 9.89. The first-order valence-electron chi connectivity index (χ1n) is 9.30. The molecule has 0 bridgehead atoms. The van der Waals surface area contributed by atoms with Crippen LogP contribution in [0.1, 0.15) is 25.8 Å². The number of benzene rings is 1. The van der Waals surface area contributed by atoms with Gasteiger partial charge >= 0.3 is 5.97 Å². The lowest BCUT2D eigenvalue weighted by atomic mass is 9.97. The van der Waals surface area contributed by atoms with Crippen LogP contribution in [0, 0.1) is 0 Å². The number of aliphatic carboxylic acids is 1. The Balaban J connectivity index is 2.21. The van der Waals surface area contributed by atoms with Gasteiger partial charge in [0.15, 0.2) is 6.10 Å². The smallest absolute Gasteiger partial charge is 0.370 e. The lowest BCUT2D eigenvalue weighted by Crippen LogP contribution is -2.61. The number of amides is 2.